The van der Waals surface area contributed by atoms with Gasteiger partial charge in [-0.25, -0.2) is 14.2 Å². The lowest BCUT2D eigenvalue weighted by Gasteiger charge is -2.36. The molecule has 4 atom stereocenters. The first-order valence-electron chi connectivity index (χ1n) is 12.4. The Bertz CT molecular complexity index is 1380. The first kappa shape index (κ1) is 27.0. The van der Waals surface area contributed by atoms with E-state index in [0.717, 1.165) is 5.70 Å². The largest absolute Gasteiger partial charge is 0.480 e. The molecule has 5 rings (SSSR count). The molecule has 200 valence electrons. The van der Waals surface area contributed by atoms with Crippen LogP contribution >= 0.6 is 35.0 Å². The van der Waals surface area contributed by atoms with Gasteiger partial charge in [-0.15, -0.1) is 0 Å². The highest BCUT2D eigenvalue weighted by atomic mass is 35.5. The summed E-state index contributed by atoms with van der Waals surface area (Å²) >= 11 is 13.4. The second-order valence-corrected chi connectivity index (χ2v) is 12.1. The van der Waals surface area contributed by atoms with E-state index in [1.807, 2.05) is 32.6 Å². The number of carboxylic acid groups (broad SMARTS) is 1. The average molecular weight is 578 g/mol. The highest BCUT2D eigenvalue weighted by Crippen LogP contribution is 2.56. The number of halogens is 3. The second kappa shape index (κ2) is 9.84. The topological polar surface area (TPSA) is 86.1 Å². The second-order valence-electron chi connectivity index (χ2n) is 10.3. The van der Waals surface area contributed by atoms with E-state index >= 15 is 0 Å². The Balaban J connectivity index is 1.66. The number of hydrogen-bond donors (Lipinski definition) is 1. The molecular weight excluding hydrogens is 550 g/mol. The molecule has 1 aromatic carbocycles. The molecule has 4 heterocycles. The highest BCUT2D eigenvalue weighted by Gasteiger charge is 2.55. The zero-order valence-corrected chi connectivity index (χ0v) is 23.6. The van der Waals surface area contributed by atoms with E-state index in [9.17, 15) is 19.1 Å². The number of pyridine rings is 1. The number of amides is 1. The Morgan fingerprint density at radius 1 is 1.21 bits per heavy atom. The normalized spacial score (nSPS) is 26.8. The summed E-state index contributed by atoms with van der Waals surface area (Å²) in [5.74, 6) is -2.00. The maximum atomic E-state index is 14.8. The summed E-state index contributed by atoms with van der Waals surface area (Å²) in [5, 5.41) is 10.8. The third-order valence-corrected chi connectivity index (χ3v) is 9.03. The van der Waals surface area contributed by atoms with E-state index in [1.165, 1.54) is 28.8 Å². The van der Waals surface area contributed by atoms with E-state index in [4.69, 9.17) is 28.2 Å². The van der Waals surface area contributed by atoms with Crippen LogP contribution in [0.15, 0.2) is 52.1 Å². The molecule has 0 aliphatic carbocycles. The van der Waals surface area contributed by atoms with Gasteiger partial charge in [-0.3, -0.25) is 9.78 Å². The van der Waals surface area contributed by atoms with E-state index < -0.39 is 29.4 Å². The Labute approximate surface area is 234 Å². The minimum absolute atomic E-state index is 0.00762. The molecule has 1 amide bonds. The number of carbonyl (C=O) groups excluding carboxylic acids is 1. The number of aliphatic carboxylic acids is 1. The number of aliphatic imine (C=N–C) groups is 1. The third-order valence-electron chi connectivity index (χ3n) is 7.44. The number of benzene rings is 1. The van der Waals surface area contributed by atoms with Crippen molar-refractivity contribution in [2.75, 3.05) is 0 Å². The van der Waals surface area contributed by atoms with Gasteiger partial charge in [0.15, 0.2) is 5.17 Å². The van der Waals surface area contributed by atoms with Crippen molar-refractivity contribution in [3.8, 4) is 0 Å². The van der Waals surface area contributed by atoms with Crippen LogP contribution in [0.5, 0.6) is 0 Å². The van der Waals surface area contributed by atoms with Crippen molar-refractivity contribution in [1.82, 2.24) is 14.8 Å². The number of likely N-dealkylation sites (tertiary alicyclic amines) is 1. The highest BCUT2D eigenvalue weighted by molar-refractivity contribution is 8.18. The van der Waals surface area contributed by atoms with Gasteiger partial charge in [0.05, 0.1) is 21.8 Å². The number of allylic oxidation sites excluding steroid dienone is 1. The fraction of sp³-hybridized carbons (Fsp3) is 0.407. The molecule has 38 heavy (non-hydrogen) atoms. The Morgan fingerprint density at radius 2 is 1.95 bits per heavy atom. The van der Waals surface area contributed by atoms with E-state index in [2.05, 4.69) is 4.98 Å². The summed E-state index contributed by atoms with van der Waals surface area (Å²) in [6, 6.07) is 6.58. The average Bonchev–Trinajstić information content (AvgIpc) is 3.50. The summed E-state index contributed by atoms with van der Waals surface area (Å²) in [5.41, 5.74) is 1.04. The zero-order chi connectivity index (χ0) is 27.5. The van der Waals surface area contributed by atoms with Crippen molar-refractivity contribution in [2.24, 2.45) is 10.9 Å². The minimum Gasteiger partial charge on any atom is -0.480 e. The molecule has 1 fully saturated rings. The molecular formula is C27H27Cl2FN4O3S. The molecule has 0 spiro atoms. The molecule has 0 bridgehead atoms. The van der Waals surface area contributed by atoms with Crippen LogP contribution < -0.4 is 0 Å². The van der Waals surface area contributed by atoms with Gasteiger partial charge in [0, 0.05) is 17.9 Å². The van der Waals surface area contributed by atoms with Gasteiger partial charge in [0.25, 0.3) is 5.91 Å². The van der Waals surface area contributed by atoms with Crippen LogP contribution in [0.2, 0.25) is 10.0 Å². The van der Waals surface area contributed by atoms with Crippen LogP contribution in [0.3, 0.4) is 0 Å². The quantitative estimate of drug-likeness (QED) is 0.453. The lowest BCUT2D eigenvalue weighted by molar-refractivity contribution is -0.147. The van der Waals surface area contributed by atoms with Crippen LogP contribution in [0.1, 0.15) is 57.8 Å². The molecule has 7 nitrogen and oxygen atoms in total. The van der Waals surface area contributed by atoms with Gasteiger partial charge in [-0.05, 0) is 74.2 Å². The lowest BCUT2D eigenvalue weighted by atomic mass is 9.83. The number of carbonyl (C=O) groups is 2. The molecule has 0 saturated carbocycles. The van der Waals surface area contributed by atoms with Crippen molar-refractivity contribution >= 4 is 52.0 Å². The molecule has 0 unspecified atom stereocenters. The fourth-order valence-electron chi connectivity index (χ4n) is 5.65. The number of nitrogens with zero attached hydrogens (tertiary/aromatic N) is 4. The van der Waals surface area contributed by atoms with Crippen molar-refractivity contribution < 1.29 is 19.1 Å². The van der Waals surface area contributed by atoms with Gasteiger partial charge < -0.3 is 14.9 Å². The zero-order valence-electron chi connectivity index (χ0n) is 21.3. The molecule has 1 aromatic heterocycles. The van der Waals surface area contributed by atoms with Crippen molar-refractivity contribution in [2.45, 2.75) is 64.2 Å². The molecule has 1 N–H and O–H groups in total. The third kappa shape index (κ3) is 4.28. The fourth-order valence-corrected chi connectivity index (χ4v) is 7.23. The minimum atomic E-state index is -1.01. The molecule has 11 heteroatoms. The summed E-state index contributed by atoms with van der Waals surface area (Å²) in [4.78, 5) is 39.4. The predicted octanol–water partition coefficient (Wildman–Crippen LogP) is 6.23. The van der Waals surface area contributed by atoms with E-state index in [0.29, 0.717) is 39.2 Å². The number of thioether (sulfide) groups is 1. The molecule has 3 aliphatic heterocycles. The summed E-state index contributed by atoms with van der Waals surface area (Å²) < 4.78 is 14.8. The number of amidine groups is 1. The number of fused-ring (bicyclic) bond motifs is 1. The van der Waals surface area contributed by atoms with Crippen molar-refractivity contribution in [3.05, 3.63) is 74.3 Å². The predicted molar refractivity (Wildman–Crippen MR) is 146 cm³/mol. The van der Waals surface area contributed by atoms with Crippen LogP contribution in [0, 0.1) is 11.7 Å². The first-order valence-corrected chi connectivity index (χ1v) is 13.9. The number of aromatic nitrogens is 1. The van der Waals surface area contributed by atoms with Gasteiger partial charge in [-0.1, -0.05) is 43.1 Å². The van der Waals surface area contributed by atoms with Gasteiger partial charge in [0.1, 0.15) is 22.3 Å². The van der Waals surface area contributed by atoms with Crippen LogP contribution in [0.4, 0.5) is 4.39 Å². The Morgan fingerprint density at radius 3 is 2.55 bits per heavy atom. The van der Waals surface area contributed by atoms with Crippen LogP contribution in [0.25, 0.3) is 0 Å². The van der Waals surface area contributed by atoms with Crippen LogP contribution in [-0.2, 0) is 15.1 Å². The van der Waals surface area contributed by atoms with Crippen molar-refractivity contribution in [3.63, 3.8) is 0 Å². The maximum Gasteiger partial charge on any atom is 0.326 e. The number of hydrogen-bond acceptors (Lipinski definition) is 6. The van der Waals surface area contributed by atoms with Gasteiger partial charge in [0.2, 0.25) is 0 Å². The first-order chi connectivity index (χ1) is 17.9. The SMILES string of the molecule is CC(C)C1=C(C(=O)N2[C@H](C)CC[C@H]2C(=O)O)SC2=N[C@@](C)(c3ccc(Cl)cn3)[C@@H](c3ccc(Cl)c(F)c3)N21. The molecule has 0 radical (unpaired) electrons. The molecule has 3 aliphatic rings. The number of rotatable bonds is 5. The van der Waals surface area contributed by atoms with Gasteiger partial charge >= 0.3 is 5.97 Å². The standard InChI is InChI=1S/C27H27Cl2FN4O3S/c1-13(2)21-22(24(35)33-14(3)5-9-19(33)25(36)37)38-26-32-27(4,20-10-7-16(28)12-31-20)23(34(21)26)15-6-8-17(29)18(30)11-15/h6-8,10-14,19,23H,5,9H2,1-4H3,(H,36,37)/t14-,19+,23-,27+/m1/s1. The van der Waals surface area contributed by atoms with E-state index in [-0.39, 0.29) is 22.9 Å². The molecule has 1 saturated heterocycles. The Hall–Kier alpha value is -2.62. The summed E-state index contributed by atoms with van der Waals surface area (Å²) in [6.07, 6.45) is 2.58. The van der Waals surface area contributed by atoms with Crippen molar-refractivity contribution in [1.29, 1.82) is 0 Å². The van der Waals surface area contributed by atoms with Gasteiger partial charge in [-0.2, -0.15) is 0 Å². The van der Waals surface area contributed by atoms with Crippen LogP contribution in [-0.4, -0.2) is 49.0 Å². The lowest BCUT2D eigenvalue weighted by Crippen LogP contribution is -2.44. The monoisotopic (exact) mass is 576 g/mol. The summed E-state index contributed by atoms with van der Waals surface area (Å²) in [7, 11) is 0. The smallest absolute Gasteiger partial charge is 0.326 e. The number of carboxylic acids is 1. The Kier molecular flexibility index (Phi) is 6.99. The summed E-state index contributed by atoms with van der Waals surface area (Å²) in [6.45, 7) is 7.75. The molecule has 2 aromatic rings. The van der Waals surface area contributed by atoms with E-state index in [1.54, 1.807) is 24.4 Å². The maximum absolute atomic E-state index is 14.8.